The molecule has 1 N–H and O–H groups in total. The van der Waals surface area contributed by atoms with Crippen LogP contribution < -0.4 is 5.32 Å². The van der Waals surface area contributed by atoms with Crippen molar-refractivity contribution in [2.24, 2.45) is 5.92 Å². The molecule has 0 heterocycles. The molecular formula is C12H21NO. The molecule has 0 amide bonds. The van der Waals surface area contributed by atoms with Gasteiger partial charge in [-0.1, -0.05) is 13.8 Å². The first-order chi connectivity index (χ1) is 6.58. The number of carbonyl (C=O) groups excluding carboxylic acids is 1. The predicted octanol–water partition coefficient (Wildman–Crippen LogP) is 2.65. The number of rotatable bonds is 5. The van der Waals surface area contributed by atoms with Gasteiger partial charge in [-0.2, -0.15) is 0 Å². The van der Waals surface area contributed by atoms with E-state index in [1.54, 1.807) is 6.08 Å². The van der Waals surface area contributed by atoms with Crippen molar-refractivity contribution < 1.29 is 4.79 Å². The molecule has 1 atom stereocenters. The highest BCUT2D eigenvalue weighted by Gasteiger charge is 2.13. The molecule has 0 radical (unpaired) electrons. The van der Waals surface area contributed by atoms with Crippen molar-refractivity contribution in [3.05, 3.63) is 11.8 Å². The van der Waals surface area contributed by atoms with E-state index in [1.807, 2.05) is 0 Å². The molecule has 80 valence electrons. The predicted molar refractivity (Wildman–Crippen MR) is 59.0 cm³/mol. The van der Waals surface area contributed by atoms with Crippen LogP contribution in [-0.2, 0) is 4.79 Å². The lowest BCUT2D eigenvalue weighted by atomic mass is 10.0. The second kappa shape index (κ2) is 5.18. The van der Waals surface area contributed by atoms with Crippen molar-refractivity contribution in [3.8, 4) is 0 Å². The second-order valence-corrected chi connectivity index (χ2v) is 4.65. The number of carbonyl (C=O) groups is 1. The van der Waals surface area contributed by atoms with Gasteiger partial charge < -0.3 is 5.32 Å². The molecule has 2 nitrogen and oxygen atoms in total. The molecule has 14 heavy (non-hydrogen) atoms. The molecule has 0 bridgehead atoms. The van der Waals surface area contributed by atoms with Crippen LogP contribution in [0, 0.1) is 5.92 Å². The van der Waals surface area contributed by atoms with Crippen LogP contribution in [0.25, 0.3) is 0 Å². The molecule has 1 aliphatic carbocycles. The van der Waals surface area contributed by atoms with E-state index in [2.05, 4.69) is 26.1 Å². The van der Waals surface area contributed by atoms with Crippen LogP contribution in [0.5, 0.6) is 0 Å². The third-order valence-corrected chi connectivity index (χ3v) is 2.58. The van der Waals surface area contributed by atoms with E-state index in [4.69, 9.17) is 0 Å². The van der Waals surface area contributed by atoms with Crippen LogP contribution >= 0.6 is 0 Å². The largest absolute Gasteiger partial charge is 0.386 e. The second-order valence-electron chi connectivity index (χ2n) is 4.65. The fourth-order valence-electron chi connectivity index (χ4n) is 1.68. The van der Waals surface area contributed by atoms with E-state index in [0.717, 1.165) is 18.0 Å². The van der Waals surface area contributed by atoms with Crippen LogP contribution in [0.15, 0.2) is 11.8 Å². The zero-order valence-electron chi connectivity index (χ0n) is 9.47. The smallest absolute Gasteiger partial charge is 0.157 e. The lowest BCUT2D eigenvalue weighted by Gasteiger charge is -2.16. The number of ketones is 1. The van der Waals surface area contributed by atoms with E-state index in [0.29, 0.717) is 12.5 Å². The summed E-state index contributed by atoms with van der Waals surface area (Å²) in [4.78, 5) is 11.0. The molecule has 0 spiro atoms. The van der Waals surface area contributed by atoms with Crippen molar-refractivity contribution in [1.82, 2.24) is 5.32 Å². The molecule has 1 unspecified atom stereocenters. The van der Waals surface area contributed by atoms with E-state index >= 15 is 0 Å². The Balaban J connectivity index is 2.23. The van der Waals surface area contributed by atoms with Crippen molar-refractivity contribution in [1.29, 1.82) is 0 Å². The van der Waals surface area contributed by atoms with Crippen LogP contribution in [-0.4, -0.2) is 11.8 Å². The molecule has 1 rings (SSSR count). The van der Waals surface area contributed by atoms with Gasteiger partial charge in [-0.3, -0.25) is 4.79 Å². The molecule has 2 heteroatoms. The summed E-state index contributed by atoms with van der Waals surface area (Å²) in [5, 5.41) is 3.40. The first-order valence-corrected chi connectivity index (χ1v) is 5.58. The van der Waals surface area contributed by atoms with Crippen LogP contribution in [0.4, 0.5) is 0 Å². The Kier molecular flexibility index (Phi) is 4.18. The summed E-state index contributed by atoms with van der Waals surface area (Å²) in [5.41, 5.74) is 1.13. The summed E-state index contributed by atoms with van der Waals surface area (Å²) in [6, 6.07) is 0.495. The summed E-state index contributed by atoms with van der Waals surface area (Å²) in [6.45, 7) is 6.67. The Bertz CT molecular complexity index is 230. The molecule has 0 saturated heterocycles. The summed E-state index contributed by atoms with van der Waals surface area (Å²) >= 11 is 0. The Hall–Kier alpha value is -0.790. The maximum atomic E-state index is 11.0. The van der Waals surface area contributed by atoms with E-state index in [-0.39, 0.29) is 5.78 Å². The normalized spacial score (nSPS) is 18.6. The van der Waals surface area contributed by atoms with Gasteiger partial charge in [0.05, 0.1) is 0 Å². The van der Waals surface area contributed by atoms with E-state index < -0.39 is 0 Å². The third kappa shape index (κ3) is 3.95. The summed E-state index contributed by atoms with van der Waals surface area (Å²) < 4.78 is 0. The highest BCUT2D eigenvalue weighted by atomic mass is 16.1. The van der Waals surface area contributed by atoms with Crippen molar-refractivity contribution >= 4 is 5.78 Å². The van der Waals surface area contributed by atoms with Gasteiger partial charge in [0, 0.05) is 24.2 Å². The van der Waals surface area contributed by atoms with Crippen molar-refractivity contribution in [2.45, 2.75) is 52.5 Å². The van der Waals surface area contributed by atoms with Crippen molar-refractivity contribution in [2.75, 3.05) is 0 Å². The Labute approximate surface area is 86.8 Å². The fraction of sp³-hybridized carbons (Fsp3) is 0.750. The zero-order valence-corrected chi connectivity index (χ0v) is 9.47. The third-order valence-electron chi connectivity index (χ3n) is 2.58. The molecule has 0 aromatic carbocycles. The van der Waals surface area contributed by atoms with Gasteiger partial charge in [-0.15, -0.1) is 0 Å². The molecule has 0 saturated carbocycles. The number of allylic oxidation sites excluding steroid dienone is 2. The standard InChI is InChI=1S/C12H21NO/c1-9(2)4-5-10(3)13-11-6-7-12(14)8-11/h8-10,13H,4-7H2,1-3H3. The number of hydrogen-bond acceptors (Lipinski definition) is 2. The van der Waals surface area contributed by atoms with E-state index in [9.17, 15) is 4.79 Å². The first-order valence-electron chi connectivity index (χ1n) is 5.58. The minimum absolute atomic E-state index is 0.267. The van der Waals surface area contributed by atoms with Crippen LogP contribution in [0.3, 0.4) is 0 Å². The van der Waals surface area contributed by atoms with Gasteiger partial charge in [-0.25, -0.2) is 0 Å². The maximum absolute atomic E-state index is 11.0. The monoisotopic (exact) mass is 195 g/mol. The Morgan fingerprint density at radius 1 is 1.29 bits per heavy atom. The Morgan fingerprint density at radius 3 is 2.50 bits per heavy atom. The molecule has 0 fully saturated rings. The van der Waals surface area contributed by atoms with Crippen LogP contribution in [0.1, 0.15) is 46.5 Å². The average molecular weight is 195 g/mol. The summed E-state index contributed by atoms with van der Waals surface area (Å²) in [6.07, 6.45) is 5.79. The summed E-state index contributed by atoms with van der Waals surface area (Å²) in [5.74, 6) is 1.03. The number of hydrogen-bond donors (Lipinski definition) is 1. The van der Waals surface area contributed by atoms with Gasteiger partial charge in [0.15, 0.2) is 5.78 Å². The van der Waals surface area contributed by atoms with Crippen molar-refractivity contribution in [3.63, 3.8) is 0 Å². The van der Waals surface area contributed by atoms with Gasteiger partial charge in [0.2, 0.25) is 0 Å². The van der Waals surface area contributed by atoms with Gasteiger partial charge >= 0.3 is 0 Å². The minimum Gasteiger partial charge on any atom is -0.386 e. The molecule has 0 aromatic heterocycles. The average Bonchev–Trinajstić information content (AvgIpc) is 2.48. The highest BCUT2D eigenvalue weighted by Crippen LogP contribution is 2.14. The SMILES string of the molecule is CC(C)CCC(C)NC1=CC(=O)CC1. The van der Waals surface area contributed by atoms with Gasteiger partial charge in [-0.05, 0) is 32.1 Å². The first kappa shape index (κ1) is 11.3. The quantitative estimate of drug-likeness (QED) is 0.730. The lowest BCUT2D eigenvalue weighted by Crippen LogP contribution is -2.24. The van der Waals surface area contributed by atoms with Crippen LogP contribution in [0.2, 0.25) is 0 Å². The topological polar surface area (TPSA) is 29.1 Å². The summed E-state index contributed by atoms with van der Waals surface area (Å²) in [7, 11) is 0. The molecular weight excluding hydrogens is 174 g/mol. The molecule has 0 aromatic rings. The van der Waals surface area contributed by atoms with E-state index in [1.165, 1.54) is 12.8 Å². The number of nitrogens with one attached hydrogen (secondary N) is 1. The zero-order chi connectivity index (χ0) is 10.6. The molecule has 0 aliphatic heterocycles. The lowest BCUT2D eigenvalue weighted by molar-refractivity contribution is -0.114. The minimum atomic E-state index is 0.267. The maximum Gasteiger partial charge on any atom is 0.157 e. The highest BCUT2D eigenvalue weighted by molar-refractivity contribution is 5.92. The van der Waals surface area contributed by atoms with Gasteiger partial charge in [0.25, 0.3) is 0 Å². The van der Waals surface area contributed by atoms with Gasteiger partial charge in [0.1, 0.15) is 0 Å². The fourth-order valence-corrected chi connectivity index (χ4v) is 1.68. The Morgan fingerprint density at radius 2 is 2.00 bits per heavy atom. The molecule has 1 aliphatic rings.